The van der Waals surface area contributed by atoms with Gasteiger partial charge in [0.25, 0.3) is 5.56 Å². The van der Waals surface area contributed by atoms with Crippen molar-refractivity contribution < 1.29 is 4.39 Å². The molecule has 138 valence electrons. The summed E-state index contributed by atoms with van der Waals surface area (Å²) in [6.07, 6.45) is 5.64. The predicted octanol–water partition coefficient (Wildman–Crippen LogP) is 3.38. The van der Waals surface area contributed by atoms with E-state index in [9.17, 15) is 9.18 Å². The Morgan fingerprint density at radius 2 is 2.00 bits per heavy atom. The molecule has 4 rings (SSSR count). The number of nitrogens with zero attached hydrogens (tertiary/aromatic N) is 4. The Morgan fingerprint density at radius 3 is 2.73 bits per heavy atom. The fraction of sp³-hybridized carbons (Fsp3) is 0.550. The number of hydrogen-bond donors (Lipinski definition) is 0. The van der Waals surface area contributed by atoms with Crippen molar-refractivity contribution in [2.75, 3.05) is 18.0 Å². The first kappa shape index (κ1) is 17.2. The van der Waals surface area contributed by atoms with Crippen LogP contribution in [0.15, 0.2) is 35.4 Å². The fourth-order valence-corrected chi connectivity index (χ4v) is 4.55. The van der Waals surface area contributed by atoms with E-state index in [-0.39, 0.29) is 17.5 Å². The average Bonchev–Trinajstić information content (AvgIpc) is 2.62. The van der Waals surface area contributed by atoms with Crippen LogP contribution in [0.1, 0.15) is 50.8 Å². The van der Waals surface area contributed by atoms with E-state index in [0.29, 0.717) is 17.8 Å². The number of anilines is 1. The molecule has 0 aromatic carbocycles. The molecule has 0 radical (unpaired) electrons. The van der Waals surface area contributed by atoms with Crippen molar-refractivity contribution in [2.24, 2.45) is 11.8 Å². The second-order valence-corrected chi connectivity index (χ2v) is 8.00. The van der Waals surface area contributed by atoms with Crippen molar-refractivity contribution in [3.05, 3.63) is 52.5 Å². The molecule has 5 nitrogen and oxygen atoms in total. The van der Waals surface area contributed by atoms with E-state index < -0.39 is 5.82 Å². The number of hydrogen-bond acceptors (Lipinski definition) is 4. The van der Waals surface area contributed by atoms with Crippen LogP contribution in [0.2, 0.25) is 0 Å². The predicted molar refractivity (Wildman–Crippen MR) is 98.9 cm³/mol. The summed E-state index contributed by atoms with van der Waals surface area (Å²) in [5, 5.41) is 0. The molecule has 0 aliphatic carbocycles. The van der Waals surface area contributed by atoms with Gasteiger partial charge in [0, 0.05) is 36.8 Å². The summed E-state index contributed by atoms with van der Waals surface area (Å²) in [5.74, 6) is 1.43. The number of aromatic nitrogens is 3. The van der Waals surface area contributed by atoms with Crippen molar-refractivity contribution in [3.8, 4) is 0 Å². The molecule has 26 heavy (non-hydrogen) atoms. The maximum Gasteiger partial charge on any atom is 0.250 e. The summed E-state index contributed by atoms with van der Waals surface area (Å²) in [6.45, 7) is 6.02. The molecule has 2 aromatic rings. The van der Waals surface area contributed by atoms with E-state index in [0.717, 1.165) is 38.0 Å². The van der Waals surface area contributed by atoms with Crippen molar-refractivity contribution in [2.45, 2.75) is 45.1 Å². The van der Waals surface area contributed by atoms with Crippen molar-refractivity contribution in [3.63, 3.8) is 0 Å². The minimum Gasteiger partial charge on any atom is -0.340 e. The first-order valence-corrected chi connectivity index (χ1v) is 9.47. The first-order chi connectivity index (χ1) is 12.5. The Balaban J connectivity index is 1.69. The Morgan fingerprint density at radius 1 is 1.23 bits per heavy atom. The van der Waals surface area contributed by atoms with E-state index in [2.05, 4.69) is 34.8 Å². The molecule has 1 saturated heterocycles. The smallest absolute Gasteiger partial charge is 0.250 e. The highest BCUT2D eigenvalue weighted by atomic mass is 19.1. The molecule has 6 heteroatoms. The molecular weight excluding hydrogens is 331 g/mol. The second kappa shape index (κ2) is 6.82. The zero-order chi connectivity index (χ0) is 18.3. The highest BCUT2D eigenvalue weighted by Crippen LogP contribution is 2.43. The standard InChI is InChI=1S/C20H25FN4O/c1-13(2)6-7-18-15-8-14(17-4-3-5-19(26)25(17)18)11-24(12-15)20-22-9-16(21)10-23-20/h3-5,9-10,13-15,18H,6-8,11-12H2,1-2H3/t14-,15+,18+/m1/s1. The Hall–Kier alpha value is -2.24. The lowest BCUT2D eigenvalue weighted by molar-refractivity contribution is 0.194. The van der Waals surface area contributed by atoms with E-state index in [1.54, 1.807) is 6.07 Å². The molecule has 0 N–H and O–H groups in total. The van der Waals surface area contributed by atoms with Crippen LogP contribution in [0.4, 0.5) is 10.3 Å². The summed E-state index contributed by atoms with van der Waals surface area (Å²) in [5.41, 5.74) is 1.23. The third-order valence-electron chi connectivity index (χ3n) is 5.73. The highest BCUT2D eigenvalue weighted by molar-refractivity contribution is 5.34. The van der Waals surface area contributed by atoms with Gasteiger partial charge in [0.2, 0.25) is 5.95 Å². The minimum absolute atomic E-state index is 0.109. The van der Waals surface area contributed by atoms with Crippen LogP contribution in [0.25, 0.3) is 0 Å². The summed E-state index contributed by atoms with van der Waals surface area (Å²) in [7, 11) is 0. The zero-order valence-corrected chi connectivity index (χ0v) is 15.3. The SMILES string of the molecule is CC(C)CC[C@H]1[C@H]2C[C@H](CN(c3ncc(F)cn3)C2)c2cccc(=O)n21. The monoisotopic (exact) mass is 356 g/mol. The van der Waals surface area contributed by atoms with Crippen molar-refractivity contribution >= 4 is 5.95 Å². The van der Waals surface area contributed by atoms with Gasteiger partial charge >= 0.3 is 0 Å². The first-order valence-electron chi connectivity index (χ1n) is 9.47. The third-order valence-corrected chi connectivity index (χ3v) is 5.73. The number of halogens is 1. The van der Waals surface area contributed by atoms with Gasteiger partial charge in [-0.1, -0.05) is 19.9 Å². The Labute approximate surface area is 152 Å². The van der Waals surface area contributed by atoms with Crippen LogP contribution < -0.4 is 10.5 Å². The van der Waals surface area contributed by atoms with Gasteiger partial charge in [-0.05, 0) is 37.2 Å². The minimum atomic E-state index is -0.419. The topological polar surface area (TPSA) is 51.0 Å². The van der Waals surface area contributed by atoms with Gasteiger partial charge in [-0.2, -0.15) is 0 Å². The average molecular weight is 356 g/mol. The molecule has 4 heterocycles. The molecule has 2 aliphatic heterocycles. The van der Waals surface area contributed by atoms with Crippen LogP contribution in [0.5, 0.6) is 0 Å². The van der Waals surface area contributed by atoms with Gasteiger partial charge < -0.3 is 9.47 Å². The molecule has 0 unspecified atom stereocenters. The number of pyridine rings is 1. The molecule has 2 aromatic heterocycles. The largest absolute Gasteiger partial charge is 0.340 e. The normalized spacial score (nSPS) is 24.6. The van der Waals surface area contributed by atoms with Gasteiger partial charge in [0.15, 0.2) is 5.82 Å². The van der Waals surface area contributed by atoms with Crippen molar-refractivity contribution in [1.82, 2.24) is 14.5 Å². The van der Waals surface area contributed by atoms with Gasteiger partial charge in [-0.15, -0.1) is 0 Å². The quantitative estimate of drug-likeness (QED) is 0.843. The highest BCUT2D eigenvalue weighted by Gasteiger charge is 2.40. The second-order valence-electron chi connectivity index (χ2n) is 8.00. The molecule has 0 amide bonds. The molecule has 0 saturated carbocycles. The lowest BCUT2D eigenvalue weighted by Gasteiger charge is -2.47. The summed E-state index contributed by atoms with van der Waals surface area (Å²) in [4.78, 5) is 23.1. The Kier molecular flexibility index (Phi) is 4.51. The lowest BCUT2D eigenvalue weighted by atomic mass is 9.76. The molecular formula is C20H25FN4O. The molecule has 2 bridgehead atoms. The summed E-state index contributed by atoms with van der Waals surface area (Å²) < 4.78 is 15.2. The van der Waals surface area contributed by atoms with Gasteiger partial charge in [-0.25, -0.2) is 14.4 Å². The molecule has 2 aliphatic rings. The Bertz CT molecular complexity index is 832. The van der Waals surface area contributed by atoms with Crippen molar-refractivity contribution in [1.29, 1.82) is 0 Å². The van der Waals surface area contributed by atoms with Crippen LogP contribution in [-0.4, -0.2) is 27.6 Å². The maximum atomic E-state index is 13.2. The summed E-state index contributed by atoms with van der Waals surface area (Å²) >= 11 is 0. The third kappa shape index (κ3) is 3.13. The lowest BCUT2D eigenvalue weighted by Crippen LogP contribution is -2.50. The molecule has 3 atom stereocenters. The summed E-state index contributed by atoms with van der Waals surface area (Å²) in [6, 6.07) is 5.83. The molecule has 1 fully saturated rings. The number of rotatable bonds is 4. The maximum absolute atomic E-state index is 13.2. The van der Waals surface area contributed by atoms with Gasteiger partial charge in [0.1, 0.15) is 0 Å². The van der Waals surface area contributed by atoms with E-state index >= 15 is 0 Å². The number of fused-ring (bicyclic) bond motifs is 4. The van der Waals surface area contributed by atoms with Crippen LogP contribution in [0.3, 0.4) is 0 Å². The van der Waals surface area contributed by atoms with Crippen LogP contribution in [-0.2, 0) is 0 Å². The van der Waals surface area contributed by atoms with E-state index in [4.69, 9.17) is 0 Å². The number of piperidine rings is 1. The zero-order valence-electron chi connectivity index (χ0n) is 15.3. The van der Waals surface area contributed by atoms with E-state index in [1.165, 1.54) is 12.4 Å². The van der Waals surface area contributed by atoms with Gasteiger partial charge in [-0.3, -0.25) is 4.79 Å². The van der Waals surface area contributed by atoms with E-state index in [1.807, 2.05) is 10.6 Å². The molecule has 0 spiro atoms. The fourth-order valence-electron chi connectivity index (χ4n) is 4.55. The van der Waals surface area contributed by atoms with Crippen LogP contribution >= 0.6 is 0 Å². The van der Waals surface area contributed by atoms with Crippen LogP contribution in [0, 0.1) is 17.7 Å². The van der Waals surface area contributed by atoms with Gasteiger partial charge in [0.05, 0.1) is 12.4 Å².